The van der Waals surface area contributed by atoms with Gasteiger partial charge in [0.05, 0.1) is 27.8 Å². The summed E-state index contributed by atoms with van der Waals surface area (Å²) in [5.41, 5.74) is 2.11. The van der Waals surface area contributed by atoms with E-state index in [9.17, 15) is 27.6 Å². The zero-order chi connectivity index (χ0) is 27.3. The molecular weight excluding hydrogens is 495 g/mol. The maximum atomic E-state index is 13.3. The van der Waals surface area contributed by atoms with Crippen molar-refractivity contribution in [3.63, 3.8) is 0 Å². The first kappa shape index (κ1) is 27.8. The molecule has 12 heteroatoms. The Hall–Kier alpha value is -3.80. The summed E-state index contributed by atoms with van der Waals surface area (Å²) in [6, 6.07) is 5.51. The van der Waals surface area contributed by atoms with Crippen LogP contribution in [0.5, 0.6) is 11.5 Å². The third-order valence-corrected chi connectivity index (χ3v) is 5.97. The first-order valence-electron chi connectivity index (χ1n) is 11.3. The van der Waals surface area contributed by atoms with E-state index in [0.29, 0.717) is 33.8 Å². The van der Waals surface area contributed by atoms with Crippen molar-refractivity contribution in [2.24, 2.45) is 0 Å². The number of fused-ring (bicyclic) bond motifs is 5. The van der Waals surface area contributed by atoms with Gasteiger partial charge < -0.3 is 30.2 Å². The lowest BCUT2D eigenvalue weighted by atomic mass is 9.94. The van der Waals surface area contributed by atoms with Gasteiger partial charge in [-0.25, -0.2) is 4.79 Å². The molecule has 1 aliphatic heterocycles. The van der Waals surface area contributed by atoms with Crippen molar-refractivity contribution in [1.82, 2.24) is 16.0 Å². The minimum absolute atomic E-state index is 0.0940. The molecule has 0 fully saturated rings. The number of esters is 1. The maximum Gasteiger partial charge on any atom is 0.391 e. The Kier molecular flexibility index (Phi) is 8.64. The molecule has 0 radical (unpaired) electrons. The number of hydrogen-bond acceptors (Lipinski definition) is 7. The van der Waals surface area contributed by atoms with Gasteiger partial charge in [-0.05, 0) is 42.4 Å². The molecule has 1 heterocycles. The van der Waals surface area contributed by atoms with E-state index in [4.69, 9.17) is 14.2 Å². The van der Waals surface area contributed by atoms with Gasteiger partial charge in [0.25, 0.3) is 0 Å². The molecule has 2 aromatic carbocycles. The number of carbonyl (C=O) groups excluding carboxylic acids is 3. The average Bonchev–Trinajstić information content (AvgIpc) is 2.86. The molecule has 0 unspecified atom stereocenters. The SMILES string of the molecule is CN[C@@H]1C(=O)N[C@@H](CC(F)(F)F)C(=O)N[C@H](C(=O)OC)Cc2ccc(OC)c(c2)-c2cc1ccc2OC. The van der Waals surface area contributed by atoms with Gasteiger partial charge >= 0.3 is 12.1 Å². The van der Waals surface area contributed by atoms with E-state index in [0.717, 1.165) is 7.11 Å². The summed E-state index contributed by atoms with van der Waals surface area (Å²) in [4.78, 5) is 38.5. The second-order valence-corrected chi connectivity index (χ2v) is 8.38. The van der Waals surface area contributed by atoms with Crippen molar-refractivity contribution < 1.29 is 41.8 Å². The number of nitrogens with one attached hydrogen (secondary N) is 3. The van der Waals surface area contributed by atoms with Crippen LogP contribution in [0.25, 0.3) is 11.1 Å². The van der Waals surface area contributed by atoms with Crippen molar-refractivity contribution in [2.45, 2.75) is 37.1 Å². The molecule has 3 N–H and O–H groups in total. The summed E-state index contributed by atoms with van der Waals surface area (Å²) in [5, 5.41) is 7.27. The highest BCUT2D eigenvalue weighted by Gasteiger charge is 2.39. The summed E-state index contributed by atoms with van der Waals surface area (Å²) in [6.45, 7) is 0. The van der Waals surface area contributed by atoms with Crippen molar-refractivity contribution in [3.8, 4) is 22.6 Å². The molecule has 2 amide bonds. The largest absolute Gasteiger partial charge is 0.496 e. The van der Waals surface area contributed by atoms with Crippen LogP contribution < -0.4 is 25.4 Å². The van der Waals surface area contributed by atoms with Crippen LogP contribution >= 0.6 is 0 Å². The first-order chi connectivity index (χ1) is 17.5. The molecule has 37 heavy (non-hydrogen) atoms. The van der Waals surface area contributed by atoms with Crippen LogP contribution in [0.1, 0.15) is 23.6 Å². The third kappa shape index (κ3) is 6.50. The quantitative estimate of drug-likeness (QED) is 0.515. The number of benzene rings is 2. The van der Waals surface area contributed by atoms with Crippen LogP contribution in [0.15, 0.2) is 36.4 Å². The zero-order valence-electron chi connectivity index (χ0n) is 20.7. The van der Waals surface area contributed by atoms with E-state index in [1.807, 2.05) is 0 Å². The lowest BCUT2D eigenvalue weighted by Gasteiger charge is -2.26. The van der Waals surface area contributed by atoms with E-state index in [2.05, 4.69) is 16.0 Å². The van der Waals surface area contributed by atoms with E-state index in [1.54, 1.807) is 36.4 Å². The normalized spacial score (nSPS) is 20.2. The molecule has 0 saturated heterocycles. The van der Waals surface area contributed by atoms with Crippen LogP contribution in [0.4, 0.5) is 13.2 Å². The third-order valence-electron chi connectivity index (χ3n) is 5.97. The van der Waals surface area contributed by atoms with Crippen molar-refractivity contribution in [1.29, 1.82) is 0 Å². The Morgan fingerprint density at radius 3 is 2.16 bits per heavy atom. The molecule has 1 aliphatic rings. The van der Waals surface area contributed by atoms with Crippen LogP contribution in [-0.4, -0.2) is 64.4 Å². The molecule has 4 bridgehead atoms. The standard InChI is InChI=1S/C25H28F3N3O6/c1-29-21-14-6-8-20(36-3)16(11-14)15-9-13(5-7-19(15)35-2)10-17(24(34)37-4)30-22(32)18(31-23(21)33)12-25(26,27)28/h5-9,11,17-18,21,29H,10,12H2,1-4H3,(H,30,32)(H,31,33)/t17-,18-,21-/m0/s1. The van der Waals surface area contributed by atoms with Crippen molar-refractivity contribution in [3.05, 3.63) is 47.5 Å². The predicted molar refractivity (Wildman–Crippen MR) is 127 cm³/mol. The molecule has 200 valence electrons. The fourth-order valence-electron chi connectivity index (χ4n) is 4.20. The average molecular weight is 524 g/mol. The molecule has 0 spiro atoms. The van der Waals surface area contributed by atoms with Gasteiger partial charge in [-0.3, -0.25) is 9.59 Å². The van der Waals surface area contributed by atoms with Gasteiger partial charge in [0.2, 0.25) is 11.8 Å². The Bertz CT molecular complexity index is 1170. The number of rotatable bonds is 5. The van der Waals surface area contributed by atoms with E-state index in [1.165, 1.54) is 21.3 Å². The van der Waals surface area contributed by atoms with E-state index in [-0.39, 0.29) is 6.42 Å². The van der Waals surface area contributed by atoms with Gasteiger partial charge in [-0.15, -0.1) is 0 Å². The summed E-state index contributed by atoms with van der Waals surface area (Å²) in [7, 11) is 5.52. The van der Waals surface area contributed by atoms with Gasteiger partial charge in [0.1, 0.15) is 29.6 Å². The molecule has 0 aliphatic carbocycles. The summed E-state index contributed by atoms with van der Waals surface area (Å²) >= 11 is 0. The van der Waals surface area contributed by atoms with Crippen LogP contribution in [-0.2, 0) is 25.5 Å². The molecular formula is C25H28F3N3O6. The van der Waals surface area contributed by atoms with Crippen LogP contribution in [0, 0.1) is 0 Å². The molecule has 2 aromatic rings. The van der Waals surface area contributed by atoms with Gasteiger partial charge in [-0.1, -0.05) is 12.1 Å². The maximum absolute atomic E-state index is 13.3. The highest BCUT2D eigenvalue weighted by molar-refractivity contribution is 5.93. The summed E-state index contributed by atoms with van der Waals surface area (Å²) in [5.74, 6) is -1.97. The van der Waals surface area contributed by atoms with Crippen LogP contribution in [0.3, 0.4) is 0 Å². The predicted octanol–water partition coefficient (Wildman–Crippen LogP) is 2.28. The molecule has 9 nitrogen and oxygen atoms in total. The number of ether oxygens (including phenoxy) is 3. The first-order valence-corrected chi connectivity index (χ1v) is 11.3. The Labute approximate surface area is 211 Å². The Morgan fingerprint density at radius 1 is 0.973 bits per heavy atom. The van der Waals surface area contributed by atoms with Crippen LogP contribution in [0.2, 0.25) is 0 Å². The highest BCUT2D eigenvalue weighted by Crippen LogP contribution is 2.39. The second-order valence-electron chi connectivity index (χ2n) is 8.38. The lowest BCUT2D eigenvalue weighted by molar-refractivity contribution is -0.153. The Balaban J connectivity index is 2.23. The topological polar surface area (TPSA) is 115 Å². The van der Waals surface area contributed by atoms with Gasteiger partial charge in [-0.2, -0.15) is 13.2 Å². The number of likely N-dealkylation sites (N-methyl/N-ethyl adjacent to an activating group) is 1. The zero-order valence-corrected chi connectivity index (χ0v) is 20.7. The number of alkyl halides is 3. The van der Waals surface area contributed by atoms with Gasteiger partial charge in [0, 0.05) is 17.5 Å². The molecule has 3 atom stereocenters. The van der Waals surface area contributed by atoms with E-state index < -0.39 is 48.5 Å². The van der Waals surface area contributed by atoms with E-state index >= 15 is 0 Å². The number of hydrogen-bond donors (Lipinski definition) is 3. The minimum Gasteiger partial charge on any atom is -0.496 e. The number of amides is 2. The van der Waals surface area contributed by atoms with Crippen molar-refractivity contribution in [2.75, 3.05) is 28.4 Å². The lowest BCUT2D eigenvalue weighted by Crippen LogP contribution is -2.55. The number of halogens is 3. The minimum atomic E-state index is -4.77. The summed E-state index contributed by atoms with van der Waals surface area (Å²) < 4.78 is 55.8. The Morgan fingerprint density at radius 2 is 1.59 bits per heavy atom. The smallest absolute Gasteiger partial charge is 0.391 e. The highest BCUT2D eigenvalue weighted by atomic mass is 19.4. The molecule has 3 rings (SSSR count). The van der Waals surface area contributed by atoms with Gasteiger partial charge in [0.15, 0.2) is 0 Å². The fraction of sp³-hybridized carbons (Fsp3) is 0.400. The molecule has 0 saturated carbocycles. The summed E-state index contributed by atoms with van der Waals surface area (Å²) in [6.07, 6.45) is -6.49. The number of carbonyl (C=O) groups is 3. The second kappa shape index (κ2) is 11.5. The molecule has 0 aromatic heterocycles. The monoisotopic (exact) mass is 523 g/mol. The van der Waals surface area contributed by atoms with Crippen molar-refractivity contribution >= 4 is 17.8 Å². The fourth-order valence-corrected chi connectivity index (χ4v) is 4.20. The number of methoxy groups -OCH3 is 3.